The molecular weight excluding hydrogens is 633 g/mol. The van der Waals surface area contributed by atoms with Crippen LogP contribution in [-0.4, -0.2) is 51.4 Å². The minimum absolute atomic E-state index is 0.0213. The summed E-state index contributed by atoms with van der Waals surface area (Å²) in [6.07, 6.45) is 0.922. The van der Waals surface area contributed by atoms with Crippen LogP contribution in [0.2, 0.25) is 10.0 Å². The fourth-order valence-corrected chi connectivity index (χ4v) is 6.52. The molecule has 0 aromatic heterocycles. The maximum absolute atomic E-state index is 14.4. The molecule has 4 rings (SSSR count). The van der Waals surface area contributed by atoms with Gasteiger partial charge in [-0.15, -0.1) is 0 Å². The number of sulfonamides is 1. The van der Waals surface area contributed by atoms with Crippen molar-refractivity contribution in [3.63, 3.8) is 0 Å². The van der Waals surface area contributed by atoms with Gasteiger partial charge < -0.3 is 15.0 Å². The number of nitrogens with one attached hydrogen (secondary N) is 1. The van der Waals surface area contributed by atoms with E-state index in [-0.39, 0.29) is 29.5 Å². The van der Waals surface area contributed by atoms with Crippen molar-refractivity contribution in [1.29, 1.82) is 0 Å². The van der Waals surface area contributed by atoms with E-state index in [4.69, 9.17) is 27.9 Å². The zero-order valence-electron chi connectivity index (χ0n) is 25.0. The van der Waals surface area contributed by atoms with Crippen LogP contribution in [0.3, 0.4) is 0 Å². The second kappa shape index (κ2) is 15.8. The molecular formula is C34H35Cl2N3O5S. The summed E-state index contributed by atoms with van der Waals surface area (Å²) in [7, 11) is -2.77. The molecule has 0 radical (unpaired) electrons. The molecule has 0 aliphatic carbocycles. The van der Waals surface area contributed by atoms with E-state index in [9.17, 15) is 18.0 Å². The summed E-state index contributed by atoms with van der Waals surface area (Å²) in [5.41, 5.74) is 1.77. The Kier molecular flexibility index (Phi) is 11.9. The molecule has 4 aromatic carbocycles. The van der Waals surface area contributed by atoms with Gasteiger partial charge in [0.25, 0.3) is 10.0 Å². The molecule has 236 valence electrons. The number of carbonyl (C=O) groups is 2. The predicted molar refractivity (Wildman–Crippen MR) is 178 cm³/mol. The Hall–Kier alpha value is -4.05. The van der Waals surface area contributed by atoms with Gasteiger partial charge in [0, 0.05) is 29.6 Å². The first kappa shape index (κ1) is 33.8. The highest BCUT2D eigenvalue weighted by atomic mass is 35.5. The van der Waals surface area contributed by atoms with Crippen LogP contribution in [0.15, 0.2) is 108 Å². The van der Waals surface area contributed by atoms with Crippen LogP contribution in [0.5, 0.6) is 5.75 Å². The predicted octanol–water partition coefficient (Wildman–Crippen LogP) is 6.36. The number of amides is 2. The Morgan fingerprint density at radius 2 is 1.51 bits per heavy atom. The van der Waals surface area contributed by atoms with Crippen LogP contribution >= 0.6 is 23.2 Å². The fraction of sp³-hybridized carbons (Fsp3) is 0.235. The highest BCUT2D eigenvalue weighted by Gasteiger charge is 2.34. The topological polar surface area (TPSA) is 96.0 Å². The average molecular weight is 669 g/mol. The summed E-state index contributed by atoms with van der Waals surface area (Å²) >= 11 is 12.4. The molecule has 4 aromatic rings. The van der Waals surface area contributed by atoms with Crippen LogP contribution < -0.4 is 14.4 Å². The van der Waals surface area contributed by atoms with Crippen molar-refractivity contribution in [1.82, 2.24) is 10.2 Å². The van der Waals surface area contributed by atoms with Crippen molar-refractivity contribution in [2.24, 2.45) is 0 Å². The highest BCUT2D eigenvalue weighted by Crippen LogP contribution is 2.27. The normalized spacial score (nSPS) is 11.8. The van der Waals surface area contributed by atoms with Crippen molar-refractivity contribution in [2.45, 2.75) is 37.2 Å². The summed E-state index contributed by atoms with van der Waals surface area (Å²) in [4.78, 5) is 29.5. The van der Waals surface area contributed by atoms with Crippen molar-refractivity contribution in [3.05, 3.63) is 124 Å². The van der Waals surface area contributed by atoms with Crippen molar-refractivity contribution >= 4 is 50.7 Å². The van der Waals surface area contributed by atoms with Gasteiger partial charge in [-0.25, -0.2) is 8.42 Å². The summed E-state index contributed by atoms with van der Waals surface area (Å²) in [5, 5.41) is 3.81. The van der Waals surface area contributed by atoms with Gasteiger partial charge in [0.2, 0.25) is 11.8 Å². The zero-order chi connectivity index (χ0) is 32.4. The smallest absolute Gasteiger partial charge is 0.264 e. The Morgan fingerprint density at radius 1 is 0.844 bits per heavy atom. The van der Waals surface area contributed by atoms with E-state index in [2.05, 4.69) is 5.32 Å². The quantitative estimate of drug-likeness (QED) is 0.169. The molecule has 1 N–H and O–H groups in total. The van der Waals surface area contributed by atoms with Gasteiger partial charge in [-0.3, -0.25) is 13.9 Å². The number of hydrogen-bond acceptors (Lipinski definition) is 5. The maximum Gasteiger partial charge on any atom is 0.264 e. The second-order valence-corrected chi connectivity index (χ2v) is 13.0. The van der Waals surface area contributed by atoms with E-state index in [1.807, 2.05) is 37.3 Å². The Morgan fingerprint density at radius 3 is 2.13 bits per heavy atom. The lowest BCUT2D eigenvalue weighted by atomic mass is 10.0. The van der Waals surface area contributed by atoms with Gasteiger partial charge in [-0.1, -0.05) is 72.6 Å². The molecule has 0 saturated carbocycles. The monoisotopic (exact) mass is 667 g/mol. The van der Waals surface area contributed by atoms with Gasteiger partial charge in [-0.05, 0) is 78.2 Å². The third kappa shape index (κ3) is 9.00. The average Bonchev–Trinajstić information content (AvgIpc) is 3.05. The molecule has 1 atom stereocenters. The van der Waals surface area contributed by atoms with Gasteiger partial charge in [-0.2, -0.15) is 0 Å². The van der Waals surface area contributed by atoms with E-state index < -0.39 is 28.5 Å². The number of halogens is 2. The van der Waals surface area contributed by atoms with Gasteiger partial charge >= 0.3 is 0 Å². The first-order valence-electron chi connectivity index (χ1n) is 14.4. The highest BCUT2D eigenvalue weighted by molar-refractivity contribution is 7.92. The largest absolute Gasteiger partial charge is 0.497 e. The molecule has 45 heavy (non-hydrogen) atoms. The van der Waals surface area contributed by atoms with E-state index in [0.717, 1.165) is 9.87 Å². The molecule has 0 heterocycles. The Bertz CT molecular complexity index is 1690. The molecule has 11 heteroatoms. The fourth-order valence-electron chi connectivity index (χ4n) is 4.76. The number of methoxy groups -OCH3 is 1. The lowest BCUT2D eigenvalue weighted by molar-refractivity contribution is -0.140. The molecule has 0 aliphatic rings. The third-order valence-electron chi connectivity index (χ3n) is 7.10. The van der Waals surface area contributed by atoms with E-state index in [0.29, 0.717) is 34.3 Å². The summed E-state index contributed by atoms with van der Waals surface area (Å²) in [6.45, 7) is 1.80. The van der Waals surface area contributed by atoms with Crippen molar-refractivity contribution < 1.29 is 22.7 Å². The zero-order valence-corrected chi connectivity index (χ0v) is 27.4. The summed E-state index contributed by atoms with van der Waals surface area (Å²) in [6, 6.07) is 27.5. The van der Waals surface area contributed by atoms with E-state index in [1.165, 1.54) is 48.4 Å². The third-order valence-corrected chi connectivity index (χ3v) is 9.38. The lowest BCUT2D eigenvalue weighted by Crippen LogP contribution is -2.53. The second-order valence-electron chi connectivity index (χ2n) is 10.3. The number of benzene rings is 4. The molecule has 0 spiro atoms. The molecule has 0 unspecified atom stereocenters. The van der Waals surface area contributed by atoms with Crippen LogP contribution in [0.4, 0.5) is 5.69 Å². The minimum atomic E-state index is -4.25. The van der Waals surface area contributed by atoms with Gasteiger partial charge in [0.1, 0.15) is 18.3 Å². The van der Waals surface area contributed by atoms with Crippen LogP contribution in [0, 0.1) is 0 Å². The van der Waals surface area contributed by atoms with Crippen LogP contribution in [0.25, 0.3) is 0 Å². The van der Waals surface area contributed by atoms with Gasteiger partial charge in [0.05, 0.1) is 17.7 Å². The number of nitrogens with zero attached hydrogens (tertiary/aromatic N) is 2. The number of hydrogen-bond donors (Lipinski definition) is 1. The van der Waals surface area contributed by atoms with E-state index >= 15 is 0 Å². The molecule has 0 bridgehead atoms. The first-order chi connectivity index (χ1) is 21.6. The molecule has 0 saturated heterocycles. The van der Waals surface area contributed by atoms with Gasteiger partial charge in [0.15, 0.2) is 0 Å². The molecule has 0 fully saturated rings. The van der Waals surface area contributed by atoms with Crippen molar-refractivity contribution in [2.75, 3.05) is 24.5 Å². The number of rotatable bonds is 14. The first-order valence-corrected chi connectivity index (χ1v) is 16.6. The number of ether oxygens (including phenoxy) is 1. The van der Waals surface area contributed by atoms with Crippen LogP contribution in [-0.2, 0) is 32.6 Å². The lowest BCUT2D eigenvalue weighted by Gasteiger charge is -2.34. The van der Waals surface area contributed by atoms with Crippen LogP contribution in [0.1, 0.15) is 24.5 Å². The molecule has 8 nitrogen and oxygen atoms in total. The summed E-state index contributed by atoms with van der Waals surface area (Å²) in [5.74, 6) is -0.431. The Labute approximate surface area is 274 Å². The molecule has 0 aliphatic heterocycles. The van der Waals surface area contributed by atoms with E-state index in [1.54, 1.807) is 36.4 Å². The Balaban J connectivity index is 1.79. The van der Waals surface area contributed by atoms with Crippen molar-refractivity contribution in [3.8, 4) is 5.75 Å². The number of carbonyl (C=O) groups excluding carboxylic acids is 2. The number of anilines is 1. The standard InChI is InChI=1S/C34H35Cl2N3O5S/c1-3-20-37-34(41)32(22-25-8-5-4-6-9-25)38(23-26-10-7-11-28(36)21-26)33(40)24-39(29-14-12-27(35)13-15-29)45(42,43)31-18-16-30(44-2)17-19-31/h4-19,21,32H,3,20,22-24H2,1-2H3,(H,37,41)/t32-/m0/s1. The molecule has 2 amide bonds. The minimum Gasteiger partial charge on any atom is -0.497 e. The maximum atomic E-state index is 14.4. The SMILES string of the molecule is CCCNC(=O)[C@H](Cc1ccccc1)N(Cc1cccc(Cl)c1)C(=O)CN(c1ccc(Cl)cc1)S(=O)(=O)c1ccc(OC)cc1. The summed E-state index contributed by atoms with van der Waals surface area (Å²) < 4.78 is 34.4.